The number of carbonyl (C=O) groups is 2. The van der Waals surface area contributed by atoms with Gasteiger partial charge in [0.25, 0.3) is 0 Å². The molecule has 1 aliphatic heterocycles. The summed E-state index contributed by atoms with van der Waals surface area (Å²) in [4.78, 5) is 21.9. The fourth-order valence-corrected chi connectivity index (χ4v) is 1.57. The van der Waals surface area contributed by atoms with Crippen LogP contribution in [0.5, 0.6) is 0 Å². The Labute approximate surface area is 88.8 Å². The van der Waals surface area contributed by atoms with E-state index >= 15 is 0 Å². The van der Waals surface area contributed by atoms with Crippen molar-refractivity contribution in [2.75, 3.05) is 13.2 Å². The summed E-state index contributed by atoms with van der Waals surface area (Å²) in [6, 6.07) is -0.808. The molecule has 1 heterocycles. The Morgan fingerprint density at radius 1 is 1.47 bits per heavy atom. The Kier molecular flexibility index (Phi) is 4.55. The van der Waals surface area contributed by atoms with Gasteiger partial charge in [-0.05, 0) is 25.7 Å². The number of nitrogens with one attached hydrogen (secondary N) is 1. The van der Waals surface area contributed by atoms with E-state index in [1.54, 1.807) is 0 Å². The first-order valence-electron chi connectivity index (χ1n) is 5.19. The highest BCUT2D eigenvalue weighted by Gasteiger charge is 2.20. The van der Waals surface area contributed by atoms with Crippen LogP contribution in [0.2, 0.25) is 0 Å². The highest BCUT2D eigenvalue weighted by molar-refractivity contribution is 5.83. The third-order valence-electron chi connectivity index (χ3n) is 2.56. The molecule has 0 aliphatic carbocycles. The summed E-state index contributed by atoms with van der Waals surface area (Å²) in [5.74, 6) is -0.855. The number of hydrogen-bond acceptors (Lipinski definition) is 3. The van der Waals surface area contributed by atoms with Crippen molar-refractivity contribution in [3.8, 4) is 0 Å². The van der Waals surface area contributed by atoms with E-state index < -0.39 is 12.0 Å². The van der Waals surface area contributed by atoms with E-state index in [-0.39, 0.29) is 5.91 Å². The van der Waals surface area contributed by atoms with Crippen LogP contribution in [0.1, 0.15) is 26.2 Å². The first-order valence-corrected chi connectivity index (χ1v) is 5.19. The molecule has 15 heavy (non-hydrogen) atoms. The van der Waals surface area contributed by atoms with Gasteiger partial charge in [0.2, 0.25) is 5.91 Å². The monoisotopic (exact) mass is 215 g/mol. The van der Waals surface area contributed by atoms with Crippen LogP contribution >= 0.6 is 0 Å². The number of carboxylic acid groups (broad SMARTS) is 1. The molecule has 0 aromatic rings. The zero-order valence-corrected chi connectivity index (χ0v) is 8.86. The third-order valence-corrected chi connectivity index (χ3v) is 2.56. The van der Waals surface area contributed by atoms with Crippen molar-refractivity contribution in [1.82, 2.24) is 5.32 Å². The van der Waals surface area contributed by atoms with Crippen LogP contribution in [0.3, 0.4) is 0 Å². The molecule has 1 fully saturated rings. The Balaban J connectivity index is 2.25. The predicted octanol–water partition coefficient (Wildman–Crippen LogP) is 0.392. The van der Waals surface area contributed by atoms with Crippen molar-refractivity contribution in [3.63, 3.8) is 0 Å². The lowest BCUT2D eigenvalue weighted by atomic mass is 9.96. The van der Waals surface area contributed by atoms with Crippen LogP contribution in [0.25, 0.3) is 0 Å². The van der Waals surface area contributed by atoms with E-state index in [2.05, 4.69) is 5.32 Å². The Morgan fingerprint density at radius 2 is 2.07 bits per heavy atom. The van der Waals surface area contributed by atoms with Crippen molar-refractivity contribution in [2.24, 2.45) is 5.92 Å². The number of aliphatic carboxylic acids is 1. The molecule has 0 saturated carbocycles. The predicted molar refractivity (Wildman–Crippen MR) is 53.4 cm³/mol. The van der Waals surface area contributed by atoms with Gasteiger partial charge in [-0.15, -0.1) is 0 Å². The fraction of sp³-hybridized carbons (Fsp3) is 0.800. The first kappa shape index (κ1) is 12.0. The number of amides is 1. The number of hydrogen-bond donors (Lipinski definition) is 2. The van der Waals surface area contributed by atoms with E-state index in [1.807, 2.05) is 0 Å². The third kappa shape index (κ3) is 4.29. The van der Waals surface area contributed by atoms with Gasteiger partial charge in [-0.1, -0.05) is 0 Å². The molecule has 1 amide bonds. The molecule has 1 aliphatic rings. The molecule has 86 valence electrons. The highest BCUT2D eigenvalue weighted by atomic mass is 16.5. The maximum absolute atomic E-state index is 11.4. The normalized spacial score (nSPS) is 19.5. The summed E-state index contributed by atoms with van der Waals surface area (Å²) in [5, 5.41) is 11.0. The largest absolute Gasteiger partial charge is 0.480 e. The van der Waals surface area contributed by atoms with Crippen molar-refractivity contribution in [3.05, 3.63) is 0 Å². The SMILES string of the molecule is C[C@H](NC(=O)CC1CCOCC1)C(=O)O. The number of carbonyl (C=O) groups excluding carboxylic acids is 1. The minimum Gasteiger partial charge on any atom is -0.480 e. The van der Waals surface area contributed by atoms with Crippen molar-refractivity contribution >= 4 is 11.9 Å². The van der Waals surface area contributed by atoms with E-state index in [9.17, 15) is 9.59 Å². The first-order chi connectivity index (χ1) is 7.09. The van der Waals surface area contributed by atoms with Gasteiger partial charge < -0.3 is 15.2 Å². The molecule has 1 saturated heterocycles. The quantitative estimate of drug-likeness (QED) is 0.711. The number of ether oxygens (including phenoxy) is 1. The standard InChI is InChI=1S/C10H17NO4/c1-7(10(13)14)11-9(12)6-8-2-4-15-5-3-8/h7-8H,2-6H2,1H3,(H,11,12)(H,13,14)/t7-/m0/s1. The van der Waals surface area contributed by atoms with Gasteiger partial charge in [-0.25, -0.2) is 0 Å². The van der Waals surface area contributed by atoms with Crippen LogP contribution in [-0.2, 0) is 14.3 Å². The van der Waals surface area contributed by atoms with E-state index in [0.29, 0.717) is 25.6 Å². The number of carboxylic acids is 1. The lowest BCUT2D eigenvalue weighted by Gasteiger charge is -2.21. The van der Waals surface area contributed by atoms with E-state index in [4.69, 9.17) is 9.84 Å². The summed E-state index contributed by atoms with van der Waals surface area (Å²) >= 11 is 0. The molecule has 0 aromatic heterocycles. The molecule has 0 aromatic carbocycles. The van der Waals surface area contributed by atoms with E-state index in [1.165, 1.54) is 6.92 Å². The highest BCUT2D eigenvalue weighted by Crippen LogP contribution is 2.18. The van der Waals surface area contributed by atoms with E-state index in [0.717, 1.165) is 12.8 Å². The van der Waals surface area contributed by atoms with Gasteiger partial charge in [0.15, 0.2) is 0 Å². The fourth-order valence-electron chi connectivity index (χ4n) is 1.57. The van der Waals surface area contributed by atoms with Crippen LogP contribution in [0.15, 0.2) is 0 Å². The molecular weight excluding hydrogens is 198 g/mol. The Bertz CT molecular complexity index is 236. The molecule has 1 rings (SSSR count). The zero-order chi connectivity index (χ0) is 11.3. The molecule has 0 spiro atoms. The minimum absolute atomic E-state index is 0.184. The van der Waals surface area contributed by atoms with Gasteiger partial charge in [0, 0.05) is 19.6 Å². The van der Waals surface area contributed by atoms with Gasteiger partial charge in [-0.2, -0.15) is 0 Å². The van der Waals surface area contributed by atoms with Crippen molar-refractivity contribution in [2.45, 2.75) is 32.2 Å². The average Bonchev–Trinajstić information content (AvgIpc) is 2.18. The maximum Gasteiger partial charge on any atom is 0.325 e. The minimum atomic E-state index is -1.00. The Hall–Kier alpha value is -1.10. The second kappa shape index (κ2) is 5.70. The van der Waals surface area contributed by atoms with Gasteiger partial charge in [0.1, 0.15) is 6.04 Å². The zero-order valence-electron chi connectivity index (χ0n) is 8.86. The average molecular weight is 215 g/mol. The van der Waals surface area contributed by atoms with Gasteiger partial charge in [0.05, 0.1) is 0 Å². The molecule has 0 unspecified atom stereocenters. The van der Waals surface area contributed by atoms with Crippen LogP contribution in [-0.4, -0.2) is 36.2 Å². The van der Waals surface area contributed by atoms with Crippen molar-refractivity contribution < 1.29 is 19.4 Å². The maximum atomic E-state index is 11.4. The summed E-state index contributed by atoms with van der Waals surface area (Å²) in [7, 11) is 0. The van der Waals surface area contributed by atoms with Crippen LogP contribution in [0, 0.1) is 5.92 Å². The van der Waals surface area contributed by atoms with Gasteiger partial charge >= 0.3 is 5.97 Å². The molecule has 2 N–H and O–H groups in total. The lowest BCUT2D eigenvalue weighted by molar-refractivity contribution is -0.141. The smallest absolute Gasteiger partial charge is 0.325 e. The lowest BCUT2D eigenvalue weighted by Crippen LogP contribution is -2.39. The molecule has 0 bridgehead atoms. The van der Waals surface area contributed by atoms with Crippen molar-refractivity contribution in [1.29, 1.82) is 0 Å². The van der Waals surface area contributed by atoms with Crippen LogP contribution < -0.4 is 5.32 Å². The molecule has 1 atom stereocenters. The Morgan fingerprint density at radius 3 is 2.60 bits per heavy atom. The van der Waals surface area contributed by atoms with Crippen LogP contribution in [0.4, 0.5) is 0 Å². The summed E-state index contributed by atoms with van der Waals surface area (Å²) in [5.41, 5.74) is 0. The molecular formula is C10H17NO4. The summed E-state index contributed by atoms with van der Waals surface area (Å²) in [6.07, 6.45) is 2.17. The summed E-state index contributed by atoms with van der Waals surface area (Å²) in [6.45, 7) is 2.86. The number of rotatable bonds is 4. The van der Waals surface area contributed by atoms with Gasteiger partial charge in [-0.3, -0.25) is 9.59 Å². The second-order valence-electron chi connectivity index (χ2n) is 3.89. The molecule has 5 heteroatoms. The summed E-state index contributed by atoms with van der Waals surface area (Å²) < 4.78 is 5.17. The molecule has 0 radical (unpaired) electrons. The topological polar surface area (TPSA) is 75.6 Å². The molecule has 5 nitrogen and oxygen atoms in total. The second-order valence-corrected chi connectivity index (χ2v) is 3.89.